The molecule has 24 heavy (non-hydrogen) atoms. The van der Waals surface area contributed by atoms with Crippen molar-refractivity contribution in [1.82, 2.24) is 14.9 Å². The Balaban J connectivity index is 2.11. The molecular weight excluding hydrogens is 314 g/mol. The summed E-state index contributed by atoms with van der Waals surface area (Å²) in [6.07, 6.45) is 1.30. The maximum atomic E-state index is 12.0. The van der Waals surface area contributed by atoms with E-state index in [0.717, 1.165) is 10.1 Å². The van der Waals surface area contributed by atoms with Gasteiger partial charge in [-0.25, -0.2) is 9.59 Å². The average molecular weight is 331 g/mol. The molecule has 1 atom stereocenters. The number of carbonyl (C=O) groups is 2. The van der Waals surface area contributed by atoms with Crippen LogP contribution in [0.5, 0.6) is 0 Å². The normalized spacial score (nSPS) is 11.7. The fourth-order valence-corrected chi connectivity index (χ4v) is 2.16. The highest BCUT2D eigenvalue weighted by Gasteiger charge is 2.21. The first-order chi connectivity index (χ1) is 11.4. The summed E-state index contributed by atoms with van der Waals surface area (Å²) in [5.74, 6) is -1.74. The van der Waals surface area contributed by atoms with Crippen molar-refractivity contribution in [3.05, 3.63) is 68.5 Å². The van der Waals surface area contributed by atoms with Gasteiger partial charge in [-0.15, -0.1) is 0 Å². The number of rotatable bonds is 6. The van der Waals surface area contributed by atoms with Crippen molar-refractivity contribution in [3.8, 4) is 0 Å². The summed E-state index contributed by atoms with van der Waals surface area (Å²) < 4.78 is 1.05. The van der Waals surface area contributed by atoms with E-state index in [9.17, 15) is 24.3 Å². The predicted octanol–water partition coefficient (Wildman–Crippen LogP) is -0.343. The summed E-state index contributed by atoms with van der Waals surface area (Å²) in [6.45, 7) is 1.21. The van der Waals surface area contributed by atoms with E-state index < -0.39 is 29.2 Å². The second kappa shape index (κ2) is 7.40. The van der Waals surface area contributed by atoms with Gasteiger partial charge in [0.2, 0.25) is 5.91 Å². The number of hydrogen-bond acceptors (Lipinski definition) is 4. The van der Waals surface area contributed by atoms with Gasteiger partial charge >= 0.3 is 11.7 Å². The van der Waals surface area contributed by atoms with Gasteiger partial charge in [-0.05, 0) is 12.5 Å². The molecule has 0 aliphatic rings. The molecule has 1 aromatic carbocycles. The molecule has 1 aromatic heterocycles. The van der Waals surface area contributed by atoms with E-state index in [4.69, 9.17) is 0 Å². The SMILES string of the molecule is Cc1cn(C[C@H](NC(=O)Cc2ccccc2)C(=O)O)c(=O)[nH]c1=O. The van der Waals surface area contributed by atoms with E-state index in [1.54, 1.807) is 24.3 Å². The Hall–Kier alpha value is -3.16. The van der Waals surface area contributed by atoms with Crippen LogP contribution in [0, 0.1) is 6.92 Å². The van der Waals surface area contributed by atoms with Gasteiger partial charge in [0.25, 0.3) is 5.56 Å². The van der Waals surface area contributed by atoms with Crippen molar-refractivity contribution in [2.24, 2.45) is 0 Å². The molecule has 0 radical (unpaired) electrons. The average Bonchev–Trinajstić information content (AvgIpc) is 2.52. The molecule has 8 heteroatoms. The molecule has 0 unspecified atom stereocenters. The number of nitrogens with one attached hydrogen (secondary N) is 2. The van der Waals surface area contributed by atoms with Crippen LogP contribution in [0.2, 0.25) is 0 Å². The predicted molar refractivity (Wildman–Crippen MR) is 85.8 cm³/mol. The summed E-state index contributed by atoms with van der Waals surface area (Å²) >= 11 is 0. The van der Waals surface area contributed by atoms with E-state index in [0.29, 0.717) is 0 Å². The van der Waals surface area contributed by atoms with Gasteiger partial charge in [0.1, 0.15) is 6.04 Å². The number of aromatic amines is 1. The van der Waals surface area contributed by atoms with Crippen LogP contribution in [-0.2, 0) is 22.6 Å². The number of carbonyl (C=O) groups excluding carboxylic acids is 1. The van der Waals surface area contributed by atoms with E-state index >= 15 is 0 Å². The smallest absolute Gasteiger partial charge is 0.328 e. The van der Waals surface area contributed by atoms with Gasteiger partial charge in [-0.2, -0.15) is 0 Å². The van der Waals surface area contributed by atoms with E-state index in [1.165, 1.54) is 13.1 Å². The number of nitrogens with zero attached hydrogens (tertiary/aromatic N) is 1. The molecule has 0 saturated heterocycles. The lowest BCUT2D eigenvalue weighted by Gasteiger charge is -2.16. The molecule has 0 bridgehead atoms. The standard InChI is InChI=1S/C16H17N3O5/c1-10-8-19(16(24)18-14(10)21)9-12(15(22)23)17-13(20)7-11-5-3-2-4-6-11/h2-6,8,12H,7,9H2,1H3,(H,17,20)(H,22,23)(H,18,21,24)/t12-/m0/s1. The van der Waals surface area contributed by atoms with Crippen molar-refractivity contribution < 1.29 is 14.7 Å². The first kappa shape index (κ1) is 17.2. The van der Waals surface area contributed by atoms with Crippen molar-refractivity contribution in [1.29, 1.82) is 0 Å². The van der Waals surface area contributed by atoms with Crippen LogP contribution in [0.4, 0.5) is 0 Å². The molecule has 2 aromatic rings. The van der Waals surface area contributed by atoms with Crippen molar-refractivity contribution in [2.45, 2.75) is 25.9 Å². The fraction of sp³-hybridized carbons (Fsp3) is 0.250. The van der Waals surface area contributed by atoms with Crippen LogP contribution >= 0.6 is 0 Å². The molecule has 8 nitrogen and oxygen atoms in total. The Kier molecular flexibility index (Phi) is 5.31. The molecule has 0 aliphatic heterocycles. The molecular formula is C16H17N3O5. The first-order valence-electron chi connectivity index (χ1n) is 7.23. The van der Waals surface area contributed by atoms with Gasteiger partial charge in [0.15, 0.2) is 0 Å². The lowest BCUT2D eigenvalue weighted by molar-refractivity contribution is -0.142. The Morgan fingerprint density at radius 2 is 1.92 bits per heavy atom. The quantitative estimate of drug-likeness (QED) is 0.668. The number of aliphatic carboxylic acids is 1. The lowest BCUT2D eigenvalue weighted by atomic mass is 10.1. The minimum atomic E-state index is -1.29. The molecule has 1 heterocycles. The minimum absolute atomic E-state index is 0.0319. The van der Waals surface area contributed by atoms with Crippen molar-refractivity contribution in [3.63, 3.8) is 0 Å². The monoisotopic (exact) mass is 331 g/mol. The highest BCUT2D eigenvalue weighted by Crippen LogP contribution is 2.00. The fourth-order valence-electron chi connectivity index (χ4n) is 2.16. The summed E-state index contributed by atoms with van der Waals surface area (Å²) in [5.41, 5.74) is -0.240. The summed E-state index contributed by atoms with van der Waals surface area (Å²) in [5, 5.41) is 11.6. The zero-order valence-corrected chi connectivity index (χ0v) is 13.0. The van der Waals surface area contributed by atoms with Gasteiger partial charge in [0, 0.05) is 11.8 Å². The summed E-state index contributed by atoms with van der Waals surface area (Å²) in [7, 11) is 0. The second-order valence-corrected chi connectivity index (χ2v) is 5.34. The largest absolute Gasteiger partial charge is 0.480 e. The second-order valence-electron chi connectivity index (χ2n) is 5.34. The molecule has 1 amide bonds. The van der Waals surface area contributed by atoms with E-state index in [-0.39, 0.29) is 18.5 Å². The highest BCUT2D eigenvalue weighted by molar-refractivity contribution is 5.84. The van der Waals surface area contributed by atoms with Crippen LogP contribution in [0.25, 0.3) is 0 Å². The Labute approximate surface area is 136 Å². The van der Waals surface area contributed by atoms with Crippen molar-refractivity contribution >= 4 is 11.9 Å². The third-order valence-corrected chi connectivity index (χ3v) is 3.41. The molecule has 3 N–H and O–H groups in total. The number of carboxylic acid groups (broad SMARTS) is 1. The molecule has 0 spiro atoms. The van der Waals surface area contributed by atoms with Crippen molar-refractivity contribution in [2.75, 3.05) is 0 Å². The number of amides is 1. The van der Waals surface area contributed by atoms with Gasteiger partial charge in [-0.1, -0.05) is 30.3 Å². The lowest BCUT2D eigenvalue weighted by Crippen LogP contribution is -2.46. The number of aromatic nitrogens is 2. The number of H-pyrrole nitrogens is 1. The van der Waals surface area contributed by atoms with Crippen LogP contribution in [0.15, 0.2) is 46.1 Å². The summed E-state index contributed by atoms with van der Waals surface area (Å²) in [6, 6.07) is 7.59. The molecule has 126 valence electrons. The first-order valence-corrected chi connectivity index (χ1v) is 7.23. The molecule has 0 aliphatic carbocycles. The van der Waals surface area contributed by atoms with Crippen LogP contribution in [-0.4, -0.2) is 32.6 Å². The van der Waals surface area contributed by atoms with Gasteiger partial charge in [-0.3, -0.25) is 19.1 Å². The molecule has 0 fully saturated rings. The zero-order chi connectivity index (χ0) is 17.7. The van der Waals surface area contributed by atoms with Gasteiger partial charge in [0.05, 0.1) is 13.0 Å². The Morgan fingerprint density at radius 1 is 1.25 bits per heavy atom. The topological polar surface area (TPSA) is 121 Å². The number of hydrogen-bond donors (Lipinski definition) is 3. The number of carboxylic acids is 1. The molecule has 2 rings (SSSR count). The highest BCUT2D eigenvalue weighted by atomic mass is 16.4. The third kappa shape index (κ3) is 4.42. The molecule has 0 saturated carbocycles. The zero-order valence-electron chi connectivity index (χ0n) is 13.0. The Bertz CT molecular complexity index is 854. The van der Waals surface area contributed by atoms with E-state index in [1.807, 2.05) is 6.07 Å². The number of aryl methyl sites for hydroxylation is 1. The van der Waals surface area contributed by atoms with Gasteiger partial charge < -0.3 is 10.4 Å². The van der Waals surface area contributed by atoms with Crippen LogP contribution in [0.3, 0.4) is 0 Å². The maximum absolute atomic E-state index is 12.0. The van der Waals surface area contributed by atoms with E-state index in [2.05, 4.69) is 10.3 Å². The minimum Gasteiger partial charge on any atom is -0.480 e. The maximum Gasteiger partial charge on any atom is 0.328 e. The Morgan fingerprint density at radius 3 is 2.54 bits per heavy atom. The summed E-state index contributed by atoms with van der Waals surface area (Å²) in [4.78, 5) is 48.5. The number of benzene rings is 1. The van der Waals surface area contributed by atoms with Crippen LogP contribution < -0.4 is 16.6 Å². The van der Waals surface area contributed by atoms with Crippen LogP contribution in [0.1, 0.15) is 11.1 Å². The third-order valence-electron chi connectivity index (χ3n) is 3.41.